The highest BCUT2D eigenvalue weighted by Gasteiger charge is 2.15. The maximum absolute atomic E-state index is 6.11. The molecule has 0 fully saturated rings. The fourth-order valence-electron chi connectivity index (χ4n) is 6.06. The molecule has 0 radical (unpaired) electrons. The molecule has 0 amide bonds. The molecule has 0 spiro atoms. The molecule has 1 aromatic heterocycles. The Labute approximate surface area is 256 Å². The number of furan rings is 1. The van der Waals surface area contributed by atoms with Gasteiger partial charge in [-0.1, -0.05) is 146 Å². The van der Waals surface area contributed by atoms with Crippen molar-refractivity contribution in [2.45, 2.75) is 0 Å². The molecule has 0 aliphatic heterocycles. The summed E-state index contributed by atoms with van der Waals surface area (Å²) in [6, 6.07) is 59.9. The van der Waals surface area contributed by atoms with Gasteiger partial charge in [0.1, 0.15) is 11.2 Å². The third-order valence-electron chi connectivity index (χ3n) is 8.32. The lowest BCUT2D eigenvalue weighted by Gasteiger charge is -2.18. The Morgan fingerprint density at radius 2 is 0.818 bits per heavy atom. The van der Waals surface area contributed by atoms with E-state index in [-0.39, 0.29) is 0 Å². The van der Waals surface area contributed by atoms with Crippen LogP contribution in [0.1, 0.15) is 0 Å². The molecular weight excluding hydrogens is 534 g/mol. The largest absolute Gasteiger partial charge is 0.456 e. The third-order valence-corrected chi connectivity index (χ3v) is 8.32. The third kappa shape index (κ3) is 4.83. The van der Waals surface area contributed by atoms with Gasteiger partial charge < -0.3 is 9.73 Å². The molecular formula is C42H29NO. The Hall–Kier alpha value is -5.86. The molecule has 0 aliphatic carbocycles. The summed E-state index contributed by atoms with van der Waals surface area (Å²) in [4.78, 5) is 0. The predicted molar refractivity (Wildman–Crippen MR) is 185 cm³/mol. The fourth-order valence-corrected chi connectivity index (χ4v) is 6.06. The number of hydrogen-bond acceptors (Lipinski definition) is 2. The second-order valence-electron chi connectivity index (χ2n) is 11.0. The topological polar surface area (TPSA) is 25.2 Å². The van der Waals surface area contributed by atoms with Crippen molar-refractivity contribution in [3.05, 3.63) is 170 Å². The predicted octanol–water partition coefficient (Wildman–Crippen LogP) is 12.0. The van der Waals surface area contributed by atoms with Crippen LogP contribution in [0, 0.1) is 0 Å². The van der Waals surface area contributed by atoms with Crippen LogP contribution in [-0.4, -0.2) is 0 Å². The number of nitrogens with one attached hydrogen (secondary N) is 1. The van der Waals surface area contributed by atoms with E-state index < -0.39 is 0 Å². The number of hydrogen-bond donors (Lipinski definition) is 1. The molecule has 1 heterocycles. The second-order valence-corrected chi connectivity index (χ2v) is 11.0. The van der Waals surface area contributed by atoms with Gasteiger partial charge in [-0.05, 0) is 57.6 Å². The average Bonchev–Trinajstić information content (AvgIpc) is 3.47. The number of para-hydroxylation sites is 2. The Bertz CT molecular complexity index is 2110. The highest BCUT2D eigenvalue weighted by molar-refractivity contribution is 6.06. The van der Waals surface area contributed by atoms with Crippen LogP contribution in [0.2, 0.25) is 0 Å². The van der Waals surface area contributed by atoms with Crippen LogP contribution in [0.5, 0.6) is 0 Å². The first-order valence-electron chi connectivity index (χ1n) is 14.9. The SMILES string of the molecule is c1ccc(-c2ccc(-c3cccc(-c4ccc(-c5ccccc5)cc4)c3Nc3ccc4oc5ccccc5c4c3)cc2)cc1. The summed E-state index contributed by atoms with van der Waals surface area (Å²) < 4.78 is 6.11. The van der Waals surface area contributed by atoms with Gasteiger partial charge in [0.15, 0.2) is 0 Å². The molecule has 8 rings (SSSR count). The standard InChI is InChI=1S/C42H29NO/c1-3-10-29(11-4-1)31-18-22-33(23-19-31)36-15-9-16-37(34-24-20-32(21-25-34)30-12-5-2-6-13-30)42(36)43-35-26-27-41-39(28-35)38-14-7-8-17-40(38)44-41/h1-28,43H. The molecule has 7 aromatic carbocycles. The van der Waals surface area contributed by atoms with Gasteiger partial charge in [-0.25, -0.2) is 0 Å². The normalized spacial score (nSPS) is 11.2. The number of benzene rings is 7. The van der Waals surface area contributed by atoms with Crippen molar-refractivity contribution in [3.8, 4) is 44.5 Å². The maximum atomic E-state index is 6.11. The van der Waals surface area contributed by atoms with Crippen molar-refractivity contribution in [2.24, 2.45) is 0 Å². The minimum absolute atomic E-state index is 0.887. The second kappa shape index (κ2) is 11.1. The smallest absolute Gasteiger partial charge is 0.135 e. The monoisotopic (exact) mass is 563 g/mol. The molecule has 2 heteroatoms. The van der Waals surface area contributed by atoms with Crippen molar-refractivity contribution in [2.75, 3.05) is 5.32 Å². The number of rotatable bonds is 6. The summed E-state index contributed by atoms with van der Waals surface area (Å²) in [6.07, 6.45) is 0. The first-order chi connectivity index (χ1) is 21.8. The first kappa shape index (κ1) is 25.8. The van der Waals surface area contributed by atoms with Crippen molar-refractivity contribution in [1.29, 1.82) is 0 Å². The van der Waals surface area contributed by atoms with Crippen LogP contribution in [0.4, 0.5) is 11.4 Å². The van der Waals surface area contributed by atoms with Crippen molar-refractivity contribution in [1.82, 2.24) is 0 Å². The number of anilines is 2. The molecule has 8 aromatic rings. The van der Waals surface area contributed by atoms with Crippen molar-refractivity contribution in [3.63, 3.8) is 0 Å². The molecule has 0 saturated heterocycles. The summed E-state index contributed by atoms with van der Waals surface area (Å²) in [5.41, 5.74) is 13.3. The molecule has 0 unspecified atom stereocenters. The molecule has 0 bridgehead atoms. The molecule has 0 saturated carbocycles. The molecule has 208 valence electrons. The molecule has 0 atom stereocenters. The Morgan fingerprint density at radius 1 is 0.341 bits per heavy atom. The maximum Gasteiger partial charge on any atom is 0.135 e. The lowest BCUT2D eigenvalue weighted by atomic mass is 9.93. The van der Waals surface area contributed by atoms with Crippen LogP contribution in [0.15, 0.2) is 174 Å². The zero-order chi connectivity index (χ0) is 29.3. The fraction of sp³-hybridized carbons (Fsp3) is 0. The molecule has 1 N–H and O–H groups in total. The zero-order valence-corrected chi connectivity index (χ0v) is 24.1. The van der Waals surface area contributed by atoms with Gasteiger partial charge in [0.2, 0.25) is 0 Å². The van der Waals surface area contributed by atoms with Crippen molar-refractivity contribution < 1.29 is 4.42 Å². The average molecular weight is 564 g/mol. The van der Waals surface area contributed by atoms with E-state index in [2.05, 4.69) is 163 Å². The summed E-state index contributed by atoms with van der Waals surface area (Å²) in [7, 11) is 0. The van der Waals surface area contributed by atoms with Crippen LogP contribution in [0.3, 0.4) is 0 Å². The molecule has 44 heavy (non-hydrogen) atoms. The van der Waals surface area contributed by atoms with Gasteiger partial charge in [-0.3, -0.25) is 0 Å². The van der Waals surface area contributed by atoms with E-state index in [1.54, 1.807) is 0 Å². The van der Waals surface area contributed by atoms with E-state index in [0.717, 1.165) is 55.6 Å². The van der Waals surface area contributed by atoms with Gasteiger partial charge in [-0.15, -0.1) is 0 Å². The Kier molecular flexibility index (Phi) is 6.51. The van der Waals surface area contributed by atoms with Crippen LogP contribution in [0.25, 0.3) is 66.4 Å². The summed E-state index contributed by atoms with van der Waals surface area (Å²) in [5.74, 6) is 0. The highest BCUT2D eigenvalue weighted by Crippen LogP contribution is 2.41. The minimum atomic E-state index is 0.887. The summed E-state index contributed by atoms with van der Waals surface area (Å²) in [5, 5.41) is 6.05. The highest BCUT2D eigenvalue weighted by atomic mass is 16.3. The molecule has 2 nitrogen and oxygen atoms in total. The van der Waals surface area contributed by atoms with E-state index in [1.807, 2.05) is 12.1 Å². The van der Waals surface area contributed by atoms with Crippen LogP contribution >= 0.6 is 0 Å². The van der Waals surface area contributed by atoms with Gasteiger partial charge in [0.05, 0.1) is 5.69 Å². The van der Waals surface area contributed by atoms with E-state index in [1.165, 1.54) is 22.3 Å². The van der Waals surface area contributed by atoms with Crippen LogP contribution in [-0.2, 0) is 0 Å². The summed E-state index contributed by atoms with van der Waals surface area (Å²) in [6.45, 7) is 0. The lowest BCUT2D eigenvalue weighted by Crippen LogP contribution is -1.97. The quantitative estimate of drug-likeness (QED) is 0.218. The first-order valence-corrected chi connectivity index (χ1v) is 14.9. The Balaban J connectivity index is 1.24. The van der Waals surface area contributed by atoms with Gasteiger partial charge >= 0.3 is 0 Å². The van der Waals surface area contributed by atoms with Gasteiger partial charge in [0, 0.05) is 27.6 Å². The van der Waals surface area contributed by atoms with Gasteiger partial charge in [-0.2, -0.15) is 0 Å². The van der Waals surface area contributed by atoms with Crippen molar-refractivity contribution >= 4 is 33.3 Å². The van der Waals surface area contributed by atoms with E-state index in [0.29, 0.717) is 0 Å². The minimum Gasteiger partial charge on any atom is -0.456 e. The van der Waals surface area contributed by atoms with E-state index in [4.69, 9.17) is 4.42 Å². The van der Waals surface area contributed by atoms with Crippen LogP contribution < -0.4 is 5.32 Å². The number of fused-ring (bicyclic) bond motifs is 3. The van der Waals surface area contributed by atoms with Gasteiger partial charge in [0.25, 0.3) is 0 Å². The van der Waals surface area contributed by atoms with E-state index in [9.17, 15) is 0 Å². The lowest BCUT2D eigenvalue weighted by molar-refractivity contribution is 0.669. The zero-order valence-electron chi connectivity index (χ0n) is 24.1. The summed E-state index contributed by atoms with van der Waals surface area (Å²) >= 11 is 0. The molecule has 0 aliphatic rings. The van der Waals surface area contributed by atoms with E-state index >= 15 is 0 Å². The Morgan fingerprint density at radius 3 is 1.41 bits per heavy atom.